The minimum atomic E-state index is -3.83. The Morgan fingerprint density at radius 1 is 0.906 bits per heavy atom. The number of nitrogens with one attached hydrogen (secondary N) is 1. The van der Waals surface area contributed by atoms with Crippen LogP contribution in [0.15, 0.2) is 71.6 Å². The van der Waals surface area contributed by atoms with Gasteiger partial charge in [-0.2, -0.15) is 11.8 Å². The van der Waals surface area contributed by atoms with Crippen molar-refractivity contribution >= 4 is 56.6 Å². The van der Waals surface area contributed by atoms with Crippen LogP contribution in [0.1, 0.15) is 5.56 Å². The molecule has 0 radical (unpaired) electrons. The Morgan fingerprint density at radius 2 is 1.56 bits per heavy atom. The fraction of sp³-hybridized carbons (Fsp3) is 0.174. The number of thioether (sulfide) groups is 1. The van der Waals surface area contributed by atoms with Gasteiger partial charge < -0.3 is 5.32 Å². The molecule has 9 heteroatoms. The Kier molecular flexibility index (Phi) is 7.00. The molecule has 1 N–H and O–H groups in total. The van der Waals surface area contributed by atoms with E-state index >= 15 is 0 Å². The van der Waals surface area contributed by atoms with Crippen LogP contribution in [-0.2, 0) is 20.6 Å². The molecule has 3 aromatic rings. The Labute approximate surface area is 201 Å². The maximum atomic E-state index is 13.2. The standard InChI is InChI=1S/C23H20Cl2N2O3S2/c24-19-8-5-9-20(25)18(19)15-31-13-12-26-23(28)14-27-21-10-3-1-6-16(21)17-7-2-4-11-22(17)32(27,29)30/h1-11H,12-15H2,(H,26,28). The number of hydrogen-bond acceptors (Lipinski definition) is 4. The molecule has 32 heavy (non-hydrogen) atoms. The molecule has 0 aliphatic carbocycles. The summed E-state index contributed by atoms with van der Waals surface area (Å²) in [6.45, 7) is 0.117. The highest BCUT2D eigenvalue weighted by molar-refractivity contribution is 7.98. The van der Waals surface area contributed by atoms with Crippen LogP contribution in [0.3, 0.4) is 0 Å². The Bertz CT molecular complexity index is 1250. The predicted molar refractivity (Wildman–Crippen MR) is 132 cm³/mol. The van der Waals surface area contributed by atoms with Gasteiger partial charge in [0.25, 0.3) is 10.0 Å². The average molecular weight is 507 g/mol. The first-order valence-corrected chi connectivity index (χ1v) is 13.2. The molecule has 0 saturated heterocycles. The third-order valence-corrected chi connectivity index (χ3v) is 8.59. The molecular weight excluding hydrogens is 487 g/mol. The third-order valence-electron chi connectivity index (χ3n) is 5.08. The molecule has 5 nitrogen and oxygen atoms in total. The molecule has 0 atom stereocenters. The van der Waals surface area contributed by atoms with Crippen LogP contribution in [0.2, 0.25) is 10.0 Å². The van der Waals surface area contributed by atoms with Crippen molar-refractivity contribution < 1.29 is 13.2 Å². The minimum Gasteiger partial charge on any atom is -0.354 e. The number of rotatable bonds is 7. The van der Waals surface area contributed by atoms with Crippen LogP contribution in [0.25, 0.3) is 11.1 Å². The molecule has 3 aromatic carbocycles. The zero-order valence-corrected chi connectivity index (χ0v) is 20.1. The van der Waals surface area contributed by atoms with Crippen LogP contribution in [0, 0.1) is 0 Å². The predicted octanol–water partition coefficient (Wildman–Crippen LogP) is 5.22. The SMILES string of the molecule is O=C(CN1c2ccccc2-c2ccccc2S1(=O)=O)NCCSCc1c(Cl)cccc1Cl. The van der Waals surface area contributed by atoms with Crippen molar-refractivity contribution in [2.45, 2.75) is 10.6 Å². The number of carbonyl (C=O) groups excluding carboxylic acids is 1. The molecule has 0 saturated carbocycles. The fourth-order valence-corrected chi connectivity index (χ4v) is 6.79. The lowest BCUT2D eigenvalue weighted by Crippen LogP contribution is -2.43. The largest absolute Gasteiger partial charge is 0.354 e. The summed E-state index contributed by atoms with van der Waals surface area (Å²) >= 11 is 13.9. The second-order valence-corrected chi connectivity index (χ2v) is 10.9. The molecule has 1 aliphatic heterocycles. The molecule has 0 aromatic heterocycles. The van der Waals surface area contributed by atoms with E-state index in [-0.39, 0.29) is 17.3 Å². The van der Waals surface area contributed by atoms with Crippen LogP contribution in [0.4, 0.5) is 5.69 Å². The van der Waals surface area contributed by atoms with E-state index in [2.05, 4.69) is 5.32 Å². The van der Waals surface area contributed by atoms with E-state index in [1.807, 2.05) is 12.1 Å². The number of anilines is 1. The minimum absolute atomic E-state index is 0.207. The van der Waals surface area contributed by atoms with Gasteiger partial charge in [0.1, 0.15) is 6.54 Å². The van der Waals surface area contributed by atoms with Gasteiger partial charge in [-0.05, 0) is 29.8 Å². The van der Waals surface area contributed by atoms with Gasteiger partial charge in [0.15, 0.2) is 0 Å². The van der Waals surface area contributed by atoms with Crippen molar-refractivity contribution in [2.24, 2.45) is 0 Å². The second-order valence-electron chi connectivity index (χ2n) is 7.13. The molecule has 1 aliphatic rings. The summed E-state index contributed by atoms with van der Waals surface area (Å²) in [5.74, 6) is 0.900. The van der Waals surface area contributed by atoms with Gasteiger partial charge >= 0.3 is 0 Å². The number of nitrogens with zero attached hydrogens (tertiary/aromatic N) is 1. The summed E-state index contributed by atoms with van der Waals surface area (Å²) in [5.41, 5.74) is 2.80. The lowest BCUT2D eigenvalue weighted by molar-refractivity contribution is -0.119. The number of halogens is 2. The number of benzene rings is 3. The maximum Gasteiger partial charge on any atom is 0.265 e. The van der Waals surface area contributed by atoms with E-state index in [1.54, 1.807) is 66.4 Å². The van der Waals surface area contributed by atoms with Crippen molar-refractivity contribution in [3.8, 4) is 11.1 Å². The van der Waals surface area contributed by atoms with E-state index in [1.165, 1.54) is 4.31 Å². The van der Waals surface area contributed by atoms with Gasteiger partial charge in [0.2, 0.25) is 5.91 Å². The number of carbonyl (C=O) groups is 1. The first-order chi connectivity index (χ1) is 15.4. The van der Waals surface area contributed by atoms with Gasteiger partial charge in [0, 0.05) is 39.2 Å². The van der Waals surface area contributed by atoms with Crippen LogP contribution >= 0.6 is 35.0 Å². The number of sulfonamides is 1. The van der Waals surface area contributed by atoms with Crippen molar-refractivity contribution in [3.05, 3.63) is 82.3 Å². The number of amides is 1. The molecular formula is C23H20Cl2N2O3S2. The summed E-state index contributed by atoms with van der Waals surface area (Å²) in [4.78, 5) is 12.8. The zero-order chi connectivity index (χ0) is 22.7. The Hall–Kier alpha value is -2.19. The molecule has 0 fully saturated rings. The van der Waals surface area contributed by atoms with Gasteiger partial charge in [-0.25, -0.2) is 8.42 Å². The van der Waals surface area contributed by atoms with Crippen molar-refractivity contribution in [3.63, 3.8) is 0 Å². The lowest BCUT2D eigenvalue weighted by atomic mass is 10.0. The number of fused-ring (bicyclic) bond motifs is 3. The van der Waals surface area contributed by atoms with Gasteiger partial charge in [-0.3, -0.25) is 9.10 Å². The van der Waals surface area contributed by atoms with E-state index in [4.69, 9.17) is 23.2 Å². The van der Waals surface area contributed by atoms with Gasteiger partial charge in [-0.15, -0.1) is 0 Å². The molecule has 0 bridgehead atoms. The van der Waals surface area contributed by atoms with E-state index < -0.39 is 10.0 Å². The number of hydrogen-bond donors (Lipinski definition) is 1. The second kappa shape index (κ2) is 9.75. The van der Waals surface area contributed by atoms with E-state index in [0.717, 1.165) is 11.1 Å². The molecule has 166 valence electrons. The summed E-state index contributed by atoms with van der Waals surface area (Å²) in [7, 11) is -3.83. The van der Waals surface area contributed by atoms with Crippen molar-refractivity contribution in [2.75, 3.05) is 23.1 Å². The van der Waals surface area contributed by atoms with Gasteiger partial charge in [0.05, 0.1) is 10.6 Å². The normalized spacial score (nSPS) is 13.9. The quantitative estimate of drug-likeness (QED) is 0.446. The highest BCUT2D eigenvalue weighted by atomic mass is 35.5. The summed E-state index contributed by atoms with van der Waals surface area (Å²) < 4.78 is 27.6. The molecule has 0 unspecified atom stereocenters. The van der Waals surface area contributed by atoms with Crippen LogP contribution < -0.4 is 9.62 Å². The highest BCUT2D eigenvalue weighted by Crippen LogP contribution is 2.42. The topological polar surface area (TPSA) is 66.5 Å². The fourth-order valence-electron chi connectivity index (χ4n) is 3.54. The monoisotopic (exact) mass is 506 g/mol. The summed E-state index contributed by atoms with van der Waals surface area (Å²) in [6, 6.07) is 19.4. The van der Waals surface area contributed by atoms with E-state index in [9.17, 15) is 13.2 Å². The number of para-hydroxylation sites is 1. The first-order valence-electron chi connectivity index (χ1n) is 9.88. The maximum absolute atomic E-state index is 13.2. The van der Waals surface area contributed by atoms with Crippen molar-refractivity contribution in [1.29, 1.82) is 0 Å². The smallest absolute Gasteiger partial charge is 0.265 e. The van der Waals surface area contributed by atoms with Crippen LogP contribution in [-0.4, -0.2) is 33.2 Å². The van der Waals surface area contributed by atoms with E-state index in [0.29, 0.717) is 39.3 Å². The Morgan fingerprint density at radius 3 is 2.31 bits per heavy atom. The average Bonchev–Trinajstić information content (AvgIpc) is 2.78. The zero-order valence-electron chi connectivity index (χ0n) is 16.9. The first kappa shape index (κ1) is 23.0. The third kappa shape index (κ3) is 4.62. The highest BCUT2D eigenvalue weighted by Gasteiger charge is 2.35. The lowest BCUT2D eigenvalue weighted by Gasteiger charge is -2.31. The summed E-state index contributed by atoms with van der Waals surface area (Å²) in [6.07, 6.45) is 0. The summed E-state index contributed by atoms with van der Waals surface area (Å²) in [5, 5.41) is 4.03. The molecule has 0 spiro atoms. The molecule has 1 amide bonds. The molecule has 4 rings (SSSR count). The van der Waals surface area contributed by atoms with Gasteiger partial charge in [-0.1, -0.05) is 65.7 Å². The molecule has 1 heterocycles. The van der Waals surface area contributed by atoms with Crippen LogP contribution in [0.5, 0.6) is 0 Å². The van der Waals surface area contributed by atoms with Crippen molar-refractivity contribution in [1.82, 2.24) is 5.32 Å². The Balaban J connectivity index is 1.39.